The summed E-state index contributed by atoms with van der Waals surface area (Å²) < 4.78 is 16.3. The lowest BCUT2D eigenvalue weighted by atomic mass is 9.68. The average Bonchev–Trinajstić information content (AvgIpc) is 4.25. The molecule has 0 N–H and O–H groups in total. The zero-order valence-electron chi connectivity index (χ0n) is 40.9. The Balaban J connectivity index is 0.936. The van der Waals surface area contributed by atoms with Crippen molar-refractivity contribution in [1.82, 2.24) is 4.57 Å². The van der Waals surface area contributed by atoms with E-state index < -0.39 is 5.54 Å². The van der Waals surface area contributed by atoms with E-state index >= 15 is 0 Å². The summed E-state index contributed by atoms with van der Waals surface area (Å²) in [5, 5.41) is 7.18. The summed E-state index contributed by atoms with van der Waals surface area (Å²) in [6.07, 6.45) is 13.6. The minimum atomic E-state index is -0.726. The monoisotopic (exact) mass is 950 g/mol. The lowest BCUT2D eigenvalue weighted by Crippen LogP contribution is -2.44. The molecule has 0 radical (unpaired) electrons. The standard InChI is InChI=1S/C70H50N2O2/c1-3-19-47(20-4-1)71-61-30-11-8-22-51(61)57-44-56(50-21-5-6-24-53(50)67(57)71)46-36-39-64-60(43-46)70(42-16-13-33-65(70)73-64)72(62-31-18-29-59-66(62)55-25-7-10-28-58(55)69(59)40-14-2-15-41-69)48-37-34-45(35-38-48)49-26-17-27-54-52-23-9-12-32-63(52)74-68(49)54/h1,3-13,16-39,43-44H,2,14-15,40-42H2. The Morgan fingerprint density at radius 3 is 2.07 bits per heavy atom. The number of allylic oxidation sites excluding steroid dienone is 2. The quantitative estimate of drug-likeness (QED) is 0.166. The van der Waals surface area contributed by atoms with Gasteiger partial charge in [0.05, 0.1) is 16.7 Å². The lowest BCUT2D eigenvalue weighted by Gasteiger charge is -2.44. The number of ether oxygens (including phenoxy) is 1. The molecule has 12 aromatic rings. The van der Waals surface area contributed by atoms with Crippen LogP contribution in [0.5, 0.6) is 5.75 Å². The van der Waals surface area contributed by atoms with Gasteiger partial charge < -0.3 is 18.6 Å². The molecule has 2 aromatic heterocycles. The van der Waals surface area contributed by atoms with Gasteiger partial charge in [0.2, 0.25) is 0 Å². The third kappa shape index (κ3) is 5.74. The summed E-state index contributed by atoms with van der Waals surface area (Å²) in [6.45, 7) is 0. The first-order valence-electron chi connectivity index (χ1n) is 26.4. The van der Waals surface area contributed by atoms with Crippen molar-refractivity contribution in [3.8, 4) is 44.8 Å². The topological polar surface area (TPSA) is 30.5 Å². The Labute approximate surface area is 429 Å². The van der Waals surface area contributed by atoms with Crippen molar-refractivity contribution in [3.05, 3.63) is 253 Å². The van der Waals surface area contributed by atoms with Crippen molar-refractivity contribution in [2.75, 3.05) is 4.90 Å². The van der Waals surface area contributed by atoms with E-state index in [1.54, 1.807) is 0 Å². The number of benzene rings is 10. The largest absolute Gasteiger partial charge is 0.458 e. The van der Waals surface area contributed by atoms with E-state index in [9.17, 15) is 0 Å². The molecule has 1 aliphatic heterocycles. The van der Waals surface area contributed by atoms with Crippen molar-refractivity contribution >= 4 is 65.9 Å². The van der Waals surface area contributed by atoms with Crippen LogP contribution in [0.15, 0.2) is 241 Å². The number of aromatic nitrogens is 1. The molecule has 4 aliphatic rings. The van der Waals surface area contributed by atoms with Gasteiger partial charge in [0.15, 0.2) is 0 Å². The van der Waals surface area contributed by atoms with Crippen LogP contribution in [0.25, 0.3) is 93.6 Å². The molecule has 3 aliphatic carbocycles. The first kappa shape index (κ1) is 41.7. The van der Waals surface area contributed by atoms with Crippen molar-refractivity contribution < 1.29 is 9.15 Å². The van der Waals surface area contributed by atoms with E-state index in [2.05, 4.69) is 234 Å². The predicted molar refractivity (Wildman–Crippen MR) is 305 cm³/mol. The predicted octanol–water partition coefficient (Wildman–Crippen LogP) is 18.7. The van der Waals surface area contributed by atoms with Gasteiger partial charge in [0.25, 0.3) is 0 Å². The number of anilines is 2. The lowest BCUT2D eigenvalue weighted by molar-refractivity contribution is 0.352. The van der Waals surface area contributed by atoms with Crippen molar-refractivity contribution in [3.63, 3.8) is 0 Å². The first-order chi connectivity index (χ1) is 36.7. The second kappa shape index (κ2) is 15.8. The molecular weight excluding hydrogens is 901 g/mol. The fraction of sp³-hybridized carbons (Fsp3) is 0.114. The van der Waals surface area contributed by atoms with Gasteiger partial charge in [-0.15, -0.1) is 0 Å². The van der Waals surface area contributed by atoms with Gasteiger partial charge in [-0.3, -0.25) is 0 Å². The SMILES string of the molecule is C1=CCC2(N(c3ccc(-c4cccc5c4oc4ccccc45)cc3)c3cccc4c3-c3ccccc3C43CCCCC3)C(=C1)Oc1ccc(-c3cc4c5ccccc5n(-c5ccccc5)c4c4ccccc34)cc12. The smallest absolute Gasteiger partial charge is 0.143 e. The Hall–Kier alpha value is -8.86. The van der Waals surface area contributed by atoms with Crippen molar-refractivity contribution in [2.24, 2.45) is 0 Å². The normalized spacial score (nSPS) is 17.2. The van der Waals surface area contributed by atoms with Crippen LogP contribution in [-0.2, 0) is 11.0 Å². The van der Waals surface area contributed by atoms with Gasteiger partial charge in [-0.05, 0) is 118 Å². The molecule has 352 valence electrons. The minimum absolute atomic E-state index is 0.00955. The molecule has 74 heavy (non-hydrogen) atoms. The number of para-hydroxylation sites is 4. The number of nitrogens with zero attached hydrogens (tertiary/aromatic N) is 2. The summed E-state index contributed by atoms with van der Waals surface area (Å²) in [6, 6.07) is 78.7. The van der Waals surface area contributed by atoms with Crippen molar-refractivity contribution in [2.45, 2.75) is 49.5 Å². The summed E-state index contributed by atoms with van der Waals surface area (Å²) in [5.41, 5.74) is 18.3. The van der Waals surface area contributed by atoms with Crippen molar-refractivity contribution in [1.29, 1.82) is 0 Å². The summed E-state index contributed by atoms with van der Waals surface area (Å²) >= 11 is 0. The fourth-order valence-electron chi connectivity index (χ4n) is 14.1. The highest BCUT2D eigenvalue weighted by Crippen LogP contribution is 2.62. The molecular formula is C70H50N2O2. The molecule has 4 heteroatoms. The Morgan fingerprint density at radius 2 is 1.19 bits per heavy atom. The molecule has 10 aromatic carbocycles. The van der Waals surface area contributed by atoms with Crippen LogP contribution in [0.4, 0.5) is 11.4 Å². The second-order valence-corrected chi connectivity index (χ2v) is 20.9. The Morgan fingerprint density at radius 1 is 0.486 bits per heavy atom. The van der Waals surface area contributed by atoms with Crippen LogP contribution >= 0.6 is 0 Å². The van der Waals surface area contributed by atoms with E-state index in [1.807, 2.05) is 6.07 Å². The van der Waals surface area contributed by atoms with Gasteiger partial charge in [-0.1, -0.05) is 183 Å². The van der Waals surface area contributed by atoms with Crippen LogP contribution < -0.4 is 9.64 Å². The molecule has 4 nitrogen and oxygen atoms in total. The highest BCUT2D eigenvalue weighted by molar-refractivity contribution is 6.22. The first-order valence-corrected chi connectivity index (χ1v) is 26.4. The van der Waals surface area contributed by atoms with Crippen LogP contribution in [-0.4, -0.2) is 4.57 Å². The zero-order chi connectivity index (χ0) is 48.5. The Bertz CT molecular complexity index is 4360. The summed E-state index contributed by atoms with van der Waals surface area (Å²) in [7, 11) is 0. The average molecular weight is 951 g/mol. The maximum atomic E-state index is 7.22. The zero-order valence-corrected chi connectivity index (χ0v) is 40.9. The van der Waals surface area contributed by atoms with E-state index in [1.165, 1.54) is 98.2 Å². The molecule has 16 rings (SSSR count). The Kier molecular flexibility index (Phi) is 8.92. The number of fused-ring (bicyclic) bond motifs is 16. The van der Waals surface area contributed by atoms with Crippen LogP contribution in [0.3, 0.4) is 0 Å². The second-order valence-electron chi connectivity index (χ2n) is 20.9. The van der Waals surface area contributed by atoms with Gasteiger partial charge in [0.1, 0.15) is 28.2 Å². The van der Waals surface area contributed by atoms with Crippen LogP contribution in [0, 0.1) is 0 Å². The number of hydrogen-bond acceptors (Lipinski definition) is 3. The van der Waals surface area contributed by atoms with Gasteiger partial charge in [-0.2, -0.15) is 0 Å². The fourth-order valence-corrected chi connectivity index (χ4v) is 14.1. The van der Waals surface area contributed by atoms with E-state index in [4.69, 9.17) is 9.15 Å². The third-order valence-corrected chi connectivity index (χ3v) is 17.3. The van der Waals surface area contributed by atoms with Crippen LogP contribution in [0.2, 0.25) is 0 Å². The number of furan rings is 1. The summed E-state index contributed by atoms with van der Waals surface area (Å²) in [4.78, 5) is 2.66. The maximum absolute atomic E-state index is 7.22. The highest BCUT2D eigenvalue weighted by atomic mass is 16.5. The highest BCUT2D eigenvalue weighted by Gasteiger charge is 2.53. The number of hydrogen-bond donors (Lipinski definition) is 0. The van der Waals surface area contributed by atoms with E-state index in [0.29, 0.717) is 0 Å². The number of rotatable bonds is 6. The maximum Gasteiger partial charge on any atom is 0.143 e. The molecule has 1 unspecified atom stereocenters. The van der Waals surface area contributed by atoms with Gasteiger partial charge in [0, 0.05) is 66.8 Å². The molecule has 3 heterocycles. The molecule has 1 fully saturated rings. The van der Waals surface area contributed by atoms with E-state index in [0.717, 1.165) is 73.5 Å². The molecule has 0 saturated heterocycles. The molecule has 1 atom stereocenters. The van der Waals surface area contributed by atoms with Gasteiger partial charge >= 0.3 is 0 Å². The molecule has 0 bridgehead atoms. The van der Waals surface area contributed by atoms with E-state index in [-0.39, 0.29) is 5.41 Å². The van der Waals surface area contributed by atoms with Gasteiger partial charge in [-0.25, -0.2) is 0 Å². The van der Waals surface area contributed by atoms with Crippen LogP contribution in [0.1, 0.15) is 55.2 Å². The third-order valence-electron chi connectivity index (χ3n) is 17.3. The minimum Gasteiger partial charge on any atom is -0.458 e. The molecule has 1 spiro atoms. The summed E-state index contributed by atoms with van der Waals surface area (Å²) in [5.74, 6) is 1.83. The molecule has 1 saturated carbocycles. The molecule has 0 amide bonds.